The van der Waals surface area contributed by atoms with Crippen molar-refractivity contribution in [1.29, 1.82) is 0 Å². The van der Waals surface area contributed by atoms with Gasteiger partial charge in [-0.2, -0.15) is 4.31 Å². The maximum Gasteiger partial charge on any atom is 0.211 e. The molecule has 0 spiro atoms. The van der Waals surface area contributed by atoms with Gasteiger partial charge in [-0.3, -0.25) is 0 Å². The number of hydrogen-bond donors (Lipinski definition) is 1. The molecule has 0 aliphatic carbocycles. The van der Waals surface area contributed by atoms with Gasteiger partial charge in [-0.25, -0.2) is 12.8 Å². The Bertz CT molecular complexity index is 581. The van der Waals surface area contributed by atoms with Gasteiger partial charge in [0.2, 0.25) is 10.0 Å². The van der Waals surface area contributed by atoms with Crippen molar-refractivity contribution in [3.05, 3.63) is 29.6 Å². The van der Waals surface area contributed by atoms with Crippen LogP contribution in [0.4, 0.5) is 10.1 Å². The maximum atomic E-state index is 14.1. The van der Waals surface area contributed by atoms with Crippen LogP contribution in [0, 0.1) is 5.82 Å². The normalized spacial score (nSPS) is 19.1. The Morgan fingerprint density at radius 3 is 2.35 bits per heavy atom. The summed E-state index contributed by atoms with van der Waals surface area (Å²) >= 11 is 0. The summed E-state index contributed by atoms with van der Waals surface area (Å²) in [6.07, 6.45) is 1.19. The van der Waals surface area contributed by atoms with Gasteiger partial charge in [0.1, 0.15) is 5.82 Å². The third-order valence-electron chi connectivity index (χ3n) is 3.53. The second kappa shape index (κ2) is 5.67. The highest BCUT2D eigenvalue weighted by Gasteiger charge is 2.26. The molecule has 7 heteroatoms. The number of para-hydroxylation sites is 1. The van der Waals surface area contributed by atoms with E-state index in [9.17, 15) is 12.8 Å². The van der Waals surface area contributed by atoms with E-state index in [-0.39, 0.29) is 11.9 Å². The topological polar surface area (TPSA) is 66.6 Å². The van der Waals surface area contributed by atoms with Gasteiger partial charge >= 0.3 is 0 Å². The van der Waals surface area contributed by atoms with E-state index >= 15 is 0 Å². The first-order valence-corrected chi connectivity index (χ1v) is 8.39. The van der Waals surface area contributed by atoms with E-state index < -0.39 is 10.0 Å². The molecule has 1 atom stereocenters. The largest absolute Gasteiger partial charge is 0.366 e. The molecule has 0 amide bonds. The van der Waals surface area contributed by atoms with Crippen molar-refractivity contribution >= 4 is 15.7 Å². The zero-order valence-corrected chi connectivity index (χ0v) is 12.5. The summed E-state index contributed by atoms with van der Waals surface area (Å²) in [6.45, 7) is 3.48. The minimum Gasteiger partial charge on any atom is -0.366 e. The zero-order valence-electron chi connectivity index (χ0n) is 11.7. The molecule has 1 aromatic rings. The van der Waals surface area contributed by atoms with E-state index in [2.05, 4.69) is 0 Å². The number of nitrogens with two attached hydrogens (primary N) is 1. The molecular formula is C13H20FN3O2S. The second-order valence-corrected chi connectivity index (χ2v) is 7.10. The van der Waals surface area contributed by atoms with Crippen molar-refractivity contribution < 1.29 is 12.8 Å². The molecule has 1 aliphatic rings. The summed E-state index contributed by atoms with van der Waals surface area (Å²) in [5, 5.41) is 0. The first kappa shape index (κ1) is 15.2. The van der Waals surface area contributed by atoms with Gasteiger partial charge in [0.05, 0.1) is 11.9 Å². The van der Waals surface area contributed by atoms with E-state index in [1.54, 1.807) is 6.07 Å². The number of hydrogen-bond acceptors (Lipinski definition) is 4. The molecule has 1 fully saturated rings. The van der Waals surface area contributed by atoms with Crippen LogP contribution in [0.2, 0.25) is 0 Å². The van der Waals surface area contributed by atoms with E-state index in [4.69, 9.17) is 5.73 Å². The highest BCUT2D eigenvalue weighted by atomic mass is 32.2. The van der Waals surface area contributed by atoms with Crippen molar-refractivity contribution in [3.63, 3.8) is 0 Å². The average Bonchev–Trinajstić information content (AvgIpc) is 2.37. The lowest BCUT2D eigenvalue weighted by Crippen LogP contribution is -2.49. The standard InChI is InChI=1S/C13H20FN3O2S/c1-10(15)11-4-3-5-12(14)13(11)16-6-8-17(9-7-16)20(2,18)19/h3-5,10H,6-9,15H2,1-2H3/t10-/m1/s1. The van der Waals surface area contributed by atoms with Crippen LogP contribution in [0.15, 0.2) is 18.2 Å². The molecule has 112 valence electrons. The summed E-state index contributed by atoms with van der Waals surface area (Å²) in [5.41, 5.74) is 7.13. The van der Waals surface area contributed by atoms with Gasteiger partial charge in [0, 0.05) is 32.2 Å². The van der Waals surface area contributed by atoms with E-state index in [1.165, 1.54) is 16.6 Å². The number of anilines is 1. The van der Waals surface area contributed by atoms with E-state index in [0.29, 0.717) is 31.9 Å². The predicted molar refractivity (Wildman–Crippen MR) is 77.6 cm³/mol. The Morgan fingerprint density at radius 1 is 1.25 bits per heavy atom. The smallest absolute Gasteiger partial charge is 0.211 e. The summed E-state index contributed by atoms with van der Waals surface area (Å²) in [5.74, 6) is -0.312. The van der Waals surface area contributed by atoms with Gasteiger partial charge in [0.15, 0.2) is 0 Å². The lowest BCUT2D eigenvalue weighted by molar-refractivity contribution is 0.385. The summed E-state index contributed by atoms with van der Waals surface area (Å²) in [6, 6.07) is 4.59. The fourth-order valence-electron chi connectivity index (χ4n) is 2.48. The van der Waals surface area contributed by atoms with Crippen molar-refractivity contribution in [1.82, 2.24) is 4.31 Å². The number of rotatable bonds is 3. The number of nitrogens with zero attached hydrogens (tertiary/aromatic N) is 2. The Hall–Kier alpha value is -1.18. The third kappa shape index (κ3) is 3.11. The fraction of sp³-hybridized carbons (Fsp3) is 0.538. The van der Waals surface area contributed by atoms with Crippen molar-refractivity contribution in [2.75, 3.05) is 37.3 Å². The van der Waals surface area contributed by atoms with Crippen LogP contribution < -0.4 is 10.6 Å². The molecule has 1 saturated heterocycles. The van der Waals surface area contributed by atoms with Crippen molar-refractivity contribution in [3.8, 4) is 0 Å². The van der Waals surface area contributed by atoms with Gasteiger partial charge < -0.3 is 10.6 Å². The third-order valence-corrected chi connectivity index (χ3v) is 4.84. The SMILES string of the molecule is C[C@@H](N)c1cccc(F)c1N1CCN(S(C)(=O)=O)CC1. The fourth-order valence-corrected chi connectivity index (χ4v) is 3.30. The van der Waals surface area contributed by atoms with E-state index in [0.717, 1.165) is 5.56 Å². The first-order valence-electron chi connectivity index (χ1n) is 6.55. The molecule has 2 rings (SSSR count). The minimum absolute atomic E-state index is 0.270. The van der Waals surface area contributed by atoms with Crippen LogP contribution >= 0.6 is 0 Å². The van der Waals surface area contributed by atoms with Crippen LogP contribution in [-0.2, 0) is 10.0 Å². The lowest BCUT2D eigenvalue weighted by Gasteiger charge is -2.36. The quantitative estimate of drug-likeness (QED) is 0.902. The number of piperazine rings is 1. The molecule has 1 aliphatic heterocycles. The average molecular weight is 301 g/mol. The molecule has 20 heavy (non-hydrogen) atoms. The summed E-state index contributed by atoms with van der Waals surface area (Å²) in [7, 11) is -3.18. The van der Waals surface area contributed by atoms with Crippen molar-refractivity contribution in [2.45, 2.75) is 13.0 Å². The maximum absolute atomic E-state index is 14.1. The monoisotopic (exact) mass is 301 g/mol. The number of halogens is 1. The molecule has 0 aromatic heterocycles. The van der Waals surface area contributed by atoms with E-state index in [1.807, 2.05) is 17.9 Å². The molecule has 2 N–H and O–H groups in total. The van der Waals surface area contributed by atoms with Crippen LogP contribution in [0.1, 0.15) is 18.5 Å². The van der Waals surface area contributed by atoms with Crippen molar-refractivity contribution in [2.24, 2.45) is 5.73 Å². The van der Waals surface area contributed by atoms with Gasteiger partial charge in [0.25, 0.3) is 0 Å². The summed E-state index contributed by atoms with van der Waals surface area (Å²) in [4.78, 5) is 1.87. The van der Waals surface area contributed by atoms with Crippen LogP contribution in [0.3, 0.4) is 0 Å². The molecule has 0 unspecified atom stereocenters. The van der Waals surface area contributed by atoms with Gasteiger partial charge in [-0.1, -0.05) is 12.1 Å². The lowest BCUT2D eigenvalue weighted by atomic mass is 10.0. The van der Waals surface area contributed by atoms with Crippen LogP contribution in [0.25, 0.3) is 0 Å². The molecule has 0 radical (unpaired) electrons. The minimum atomic E-state index is -3.18. The molecule has 5 nitrogen and oxygen atoms in total. The molecule has 0 bridgehead atoms. The Kier molecular flexibility index (Phi) is 4.31. The molecule has 1 aromatic carbocycles. The van der Waals surface area contributed by atoms with Gasteiger partial charge in [-0.15, -0.1) is 0 Å². The predicted octanol–water partition coefficient (Wildman–Crippen LogP) is 0.927. The second-order valence-electron chi connectivity index (χ2n) is 5.12. The zero-order chi connectivity index (χ0) is 14.9. The Labute approximate surface area is 119 Å². The van der Waals surface area contributed by atoms with Crippen LogP contribution in [-0.4, -0.2) is 45.2 Å². The van der Waals surface area contributed by atoms with Crippen LogP contribution in [0.5, 0.6) is 0 Å². The molecule has 1 heterocycles. The number of sulfonamides is 1. The molecular weight excluding hydrogens is 281 g/mol. The first-order chi connectivity index (χ1) is 9.30. The number of benzene rings is 1. The Morgan fingerprint density at radius 2 is 1.85 bits per heavy atom. The Balaban J connectivity index is 2.23. The highest BCUT2D eigenvalue weighted by Crippen LogP contribution is 2.29. The summed E-state index contributed by atoms with van der Waals surface area (Å²) < 4.78 is 38.5. The highest BCUT2D eigenvalue weighted by molar-refractivity contribution is 7.88. The van der Waals surface area contributed by atoms with Gasteiger partial charge in [-0.05, 0) is 18.6 Å². The molecule has 0 saturated carbocycles.